The van der Waals surface area contributed by atoms with Gasteiger partial charge in [-0.1, -0.05) is 0 Å². The second-order valence-corrected chi connectivity index (χ2v) is 2.33. The second kappa shape index (κ2) is 9.28. The fraction of sp³-hybridized carbons (Fsp3) is 1.00. The van der Waals surface area contributed by atoms with Crippen LogP contribution >= 0.6 is 0 Å². The maximum absolute atomic E-state index is 2.23. The van der Waals surface area contributed by atoms with Crippen LogP contribution in [0.15, 0.2) is 0 Å². The van der Waals surface area contributed by atoms with Crippen LogP contribution < -0.4 is 0 Å². The molecule has 0 saturated heterocycles. The molecule has 0 amide bonds. The molecule has 0 bridgehead atoms. The third-order valence-electron chi connectivity index (χ3n) is 0.530. The Balaban J connectivity index is 0. The molecule has 0 saturated carbocycles. The normalized spacial score (nSPS) is 6.67. The summed E-state index contributed by atoms with van der Waals surface area (Å²) in [5.74, 6) is 0. The van der Waals surface area contributed by atoms with Gasteiger partial charge in [-0.05, 0) is 0 Å². The quantitative estimate of drug-likeness (QED) is 0.584. The molecule has 37 valence electrons. The molecule has 0 aromatic heterocycles. The van der Waals surface area contributed by atoms with E-state index in [4.69, 9.17) is 0 Å². The van der Waals surface area contributed by atoms with E-state index in [0.717, 1.165) is 0 Å². The molecule has 6 heavy (non-hydrogen) atoms. The van der Waals surface area contributed by atoms with Crippen molar-refractivity contribution in [1.82, 2.24) is 0 Å². The summed E-state index contributed by atoms with van der Waals surface area (Å²) in [5.41, 5.74) is 0. The summed E-state index contributed by atoms with van der Waals surface area (Å²) >= 11 is 1.68. The fourth-order valence-corrected chi connectivity index (χ4v) is 1.05. The minimum absolute atomic E-state index is 0. The third-order valence-corrected chi connectivity index (χ3v) is 1.40. The van der Waals surface area contributed by atoms with Gasteiger partial charge in [0.25, 0.3) is 0 Å². The Morgan fingerprint density at radius 1 is 1.50 bits per heavy atom. The molecular weight excluding hydrogens is 155 g/mol. The fourth-order valence-electron chi connectivity index (χ4n) is 0.177. The van der Waals surface area contributed by atoms with Crippen LogP contribution in [-0.4, -0.2) is 5.48 Å². The molecule has 0 aliphatic heterocycles. The second-order valence-electron chi connectivity index (χ2n) is 1.10. The molecule has 0 unspecified atom stereocenters. The van der Waals surface area contributed by atoms with Crippen molar-refractivity contribution in [2.75, 3.05) is 0 Å². The van der Waals surface area contributed by atoms with E-state index >= 15 is 0 Å². The van der Waals surface area contributed by atoms with Crippen molar-refractivity contribution in [2.24, 2.45) is 0 Å². The zero-order valence-electron chi connectivity index (χ0n) is 4.12. The molecule has 0 atom stereocenters. The molecule has 1 nitrogen and oxygen atoms in total. The van der Waals surface area contributed by atoms with E-state index in [2.05, 4.69) is 6.92 Å². The van der Waals surface area contributed by atoms with Crippen molar-refractivity contribution in [1.29, 1.82) is 0 Å². The van der Waals surface area contributed by atoms with Crippen molar-refractivity contribution in [2.45, 2.75) is 23.9 Å². The molecule has 0 rings (SSSR count). The van der Waals surface area contributed by atoms with E-state index in [1.165, 1.54) is 17.0 Å². The SMILES string of the molecule is CCC[CH2][Zr].O. The summed E-state index contributed by atoms with van der Waals surface area (Å²) in [6.45, 7) is 2.23. The Morgan fingerprint density at radius 2 is 2.00 bits per heavy atom. The molecular formula is C4H11OZr. The topological polar surface area (TPSA) is 31.5 Å². The van der Waals surface area contributed by atoms with Gasteiger partial charge in [0.2, 0.25) is 0 Å². The van der Waals surface area contributed by atoms with Gasteiger partial charge in [0.15, 0.2) is 0 Å². The van der Waals surface area contributed by atoms with Crippen LogP contribution in [0.25, 0.3) is 0 Å². The maximum atomic E-state index is 2.23. The van der Waals surface area contributed by atoms with Crippen molar-refractivity contribution < 1.29 is 30.2 Å². The first-order valence-electron chi connectivity index (χ1n) is 2.06. The van der Waals surface area contributed by atoms with Crippen LogP contribution in [0.3, 0.4) is 0 Å². The van der Waals surface area contributed by atoms with E-state index in [9.17, 15) is 0 Å². The van der Waals surface area contributed by atoms with Crippen LogP contribution in [0.5, 0.6) is 0 Å². The summed E-state index contributed by atoms with van der Waals surface area (Å²) in [6.07, 6.45) is 2.80. The Kier molecular flexibility index (Phi) is 15.4. The van der Waals surface area contributed by atoms with Gasteiger partial charge in [-0.3, -0.25) is 0 Å². The Morgan fingerprint density at radius 3 is 2.00 bits per heavy atom. The van der Waals surface area contributed by atoms with Gasteiger partial charge in [-0.2, -0.15) is 0 Å². The van der Waals surface area contributed by atoms with Crippen molar-refractivity contribution in [3.8, 4) is 0 Å². The summed E-state index contributed by atoms with van der Waals surface area (Å²) in [7, 11) is 0. The van der Waals surface area contributed by atoms with Crippen molar-refractivity contribution in [3.05, 3.63) is 0 Å². The predicted molar refractivity (Wildman–Crippen MR) is 23.3 cm³/mol. The standard InChI is InChI=1S/C4H9.H2O.Zr/c1-3-4-2;;/h1,3-4H2,2H3;1H2;. The van der Waals surface area contributed by atoms with E-state index in [-0.39, 0.29) is 5.48 Å². The predicted octanol–water partition coefficient (Wildman–Crippen LogP) is 0.927. The van der Waals surface area contributed by atoms with Gasteiger partial charge >= 0.3 is 48.6 Å². The van der Waals surface area contributed by atoms with Crippen LogP contribution in [0.1, 0.15) is 19.8 Å². The number of rotatable bonds is 2. The van der Waals surface area contributed by atoms with Gasteiger partial charge in [0.1, 0.15) is 0 Å². The molecule has 0 heterocycles. The number of hydrogen-bond donors (Lipinski definition) is 0. The average Bonchev–Trinajstić information content (AvgIpc) is 1.41. The Hall–Kier alpha value is 0.843. The van der Waals surface area contributed by atoms with Gasteiger partial charge in [-0.15, -0.1) is 0 Å². The van der Waals surface area contributed by atoms with Crippen LogP contribution in [0.2, 0.25) is 4.13 Å². The molecule has 0 fully saturated rings. The van der Waals surface area contributed by atoms with Crippen LogP contribution in [-0.2, 0) is 24.7 Å². The summed E-state index contributed by atoms with van der Waals surface area (Å²) in [4.78, 5) is 0. The molecule has 0 spiro atoms. The first-order valence-corrected chi connectivity index (χ1v) is 3.80. The molecule has 2 heteroatoms. The number of unbranched alkanes of at least 4 members (excludes halogenated alkanes) is 1. The minimum Gasteiger partial charge on any atom is -0.412 e. The van der Waals surface area contributed by atoms with E-state index in [1.807, 2.05) is 0 Å². The van der Waals surface area contributed by atoms with E-state index in [0.29, 0.717) is 0 Å². The minimum atomic E-state index is 0. The zero-order valence-corrected chi connectivity index (χ0v) is 6.58. The average molecular weight is 166 g/mol. The van der Waals surface area contributed by atoms with Crippen molar-refractivity contribution >= 4 is 0 Å². The van der Waals surface area contributed by atoms with Crippen LogP contribution in [0.4, 0.5) is 0 Å². The van der Waals surface area contributed by atoms with Gasteiger partial charge in [0, 0.05) is 0 Å². The molecule has 0 radical (unpaired) electrons. The monoisotopic (exact) mass is 165 g/mol. The summed E-state index contributed by atoms with van der Waals surface area (Å²) in [6, 6.07) is 0. The number of hydrogen-bond acceptors (Lipinski definition) is 0. The largest absolute Gasteiger partial charge is 0.412 e. The zero-order chi connectivity index (χ0) is 4.12. The van der Waals surface area contributed by atoms with Gasteiger partial charge in [0.05, 0.1) is 0 Å². The van der Waals surface area contributed by atoms with E-state index in [1.54, 1.807) is 24.7 Å². The van der Waals surface area contributed by atoms with Gasteiger partial charge < -0.3 is 5.48 Å². The smallest absolute Gasteiger partial charge is 0.412 e. The summed E-state index contributed by atoms with van der Waals surface area (Å²) in [5, 5.41) is 0. The third kappa shape index (κ3) is 8.85. The molecule has 0 aromatic rings. The first-order chi connectivity index (χ1) is 2.41. The Bertz CT molecular complexity index is 15.0. The first kappa shape index (κ1) is 9.96. The van der Waals surface area contributed by atoms with Crippen LogP contribution in [0, 0.1) is 0 Å². The molecule has 0 aromatic carbocycles. The van der Waals surface area contributed by atoms with Gasteiger partial charge in [-0.25, -0.2) is 0 Å². The Labute approximate surface area is 54.3 Å². The molecule has 0 aliphatic rings. The molecule has 2 N–H and O–H groups in total. The maximum Gasteiger partial charge on any atom is -0.412 e. The molecule has 0 aliphatic carbocycles. The summed E-state index contributed by atoms with van der Waals surface area (Å²) < 4.78 is 1.43. The van der Waals surface area contributed by atoms with Crippen molar-refractivity contribution in [3.63, 3.8) is 0 Å². The van der Waals surface area contributed by atoms with E-state index < -0.39 is 0 Å².